The molecular weight excluding hydrogens is 306 g/mol. The van der Waals surface area contributed by atoms with E-state index in [9.17, 15) is 14.4 Å². The van der Waals surface area contributed by atoms with Gasteiger partial charge in [-0.25, -0.2) is 0 Å². The van der Waals surface area contributed by atoms with E-state index in [1.165, 1.54) is 11.7 Å². The van der Waals surface area contributed by atoms with Crippen LogP contribution in [0.1, 0.15) is 16.1 Å². The summed E-state index contributed by atoms with van der Waals surface area (Å²) < 4.78 is 11.2. The Morgan fingerprint density at radius 3 is 2.45 bits per heavy atom. The largest absolute Gasteiger partial charge is 0.497 e. The molecule has 0 aliphatic heterocycles. The zero-order valence-corrected chi connectivity index (χ0v) is 13.0. The van der Waals surface area contributed by atoms with Crippen LogP contribution < -0.4 is 9.61 Å². The predicted molar refractivity (Wildman–Crippen MR) is 81.6 cm³/mol. The number of rotatable bonds is 6. The zero-order chi connectivity index (χ0) is 16.1. The van der Waals surface area contributed by atoms with Crippen molar-refractivity contribution in [3.8, 4) is 5.75 Å². The number of nitrogens with zero attached hydrogens (tertiary/aromatic N) is 1. The quantitative estimate of drug-likeness (QED) is 0.597. The van der Waals surface area contributed by atoms with Gasteiger partial charge in [0.25, 0.3) is 0 Å². The highest BCUT2D eigenvalue weighted by molar-refractivity contribution is 7.07. The van der Waals surface area contributed by atoms with Crippen LogP contribution >= 0.6 is 11.3 Å². The van der Waals surface area contributed by atoms with Crippen molar-refractivity contribution in [2.45, 2.75) is 13.5 Å². The van der Waals surface area contributed by atoms with Crippen LogP contribution in [0.15, 0.2) is 34.4 Å². The number of Topliss-reactive ketones (excluding diaryl/α,β-unsaturated/α-hetero) is 1. The molecule has 0 aliphatic rings. The minimum atomic E-state index is -0.620. The first kappa shape index (κ1) is 16.0. The molecule has 0 spiro atoms. The third-order valence-corrected chi connectivity index (χ3v) is 3.92. The van der Waals surface area contributed by atoms with Crippen molar-refractivity contribution < 1.29 is 19.1 Å². The van der Waals surface area contributed by atoms with Gasteiger partial charge in [0.1, 0.15) is 12.3 Å². The highest BCUT2D eigenvalue weighted by Gasteiger charge is 2.13. The molecule has 7 heteroatoms. The molecule has 6 nitrogen and oxygen atoms in total. The fourth-order valence-electron chi connectivity index (χ4n) is 1.78. The summed E-state index contributed by atoms with van der Waals surface area (Å²) in [6.07, 6.45) is 0. The highest BCUT2D eigenvalue weighted by Crippen LogP contribution is 2.11. The van der Waals surface area contributed by atoms with E-state index in [0.29, 0.717) is 17.0 Å². The molecule has 2 aromatic rings. The molecule has 116 valence electrons. The molecule has 0 fully saturated rings. The van der Waals surface area contributed by atoms with Gasteiger partial charge in [0, 0.05) is 16.6 Å². The first-order valence-corrected chi connectivity index (χ1v) is 7.37. The van der Waals surface area contributed by atoms with Crippen molar-refractivity contribution in [1.82, 2.24) is 4.57 Å². The fraction of sp³-hybridized carbons (Fsp3) is 0.267. The van der Waals surface area contributed by atoms with Crippen LogP contribution in [-0.2, 0) is 16.1 Å². The first-order chi connectivity index (χ1) is 10.5. The van der Waals surface area contributed by atoms with Crippen LogP contribution in [0.3, 0.4) is 0 Å². The Morgan fingerprint density at radius 2 is 1.91 bits per heavy atom. The lowest BCUT2D eigenvalue weighted by molar-refractivity contribution is -0.143. The van der Waals surface area contributed by atoms with E-state index in [-0.39, 0.29) is 23.8 Å². The van der Waals surface area contributed by atoms with E-state index in [0.717, 1.165) is 11.3 Å². The van der Waals surface area contributed by atoms with Crippen LogP contribution in [0, 0.1) is 6.92 Å². The Hall–Kier alpha value is -2.41. The zero-order valence-electron chi connectivity index (χ0n) is 12.2. The molecule has 0 aliphatic carbocycles. The fourth-order valence-corrected chi connectivity index (χ4v) is 2.51. The maximum absolute atomic E-state index is 11.9. The number of esters is 1. The second-order valence-corrected chi connectivity index (χ2v) is 5.36. The summed E-state index contributed by atoms with van der Waals surface area (Å²) in [5.41, 5.74) is 1.12. The second kappa shape index (κ2) is 7.04. The van der Waals surface area contributed by atoms with Crippen molar-refractivity contribution in [1.29, 1.82) is 0 Å². The van der Waals surface area contributed by atoms with Gasteiger partial charge in [-0.15, -0.1) is 0 Å². The van der Waals surface area contributed by atoms with Gasteiger partial charge in [-0.1, -0.05) is 11.3 Å². The topological polar surface area (TPSA) is 74.6 Å². The molecule has 0 amide bonds. The summed E-state index contributed by atoms with van der Waals surface area (Å²) in [7, 11) is 1.53. The molecule has 0 N–H and O–H groups in total. The van der Waals surface area contributed by atoms with Gasteiger partial charge in [-0.3, -0.25) is 19.0 Å². The normalized spacial score (nSPS) is 10.3. The predicted octanol–water partition coefficient (Wildman–Crippen LogP) is 1.65. The summed E-state index contributed by atoms with van der Waals surface area (Å²) in [6.45, 7) is 1.18. The number of hydrogen-bond donors (Lipinski definition) is 0. The van der Waals surface area contributed by atoms with Crippen LogP contribution in [0.25, 0.3) is 0 Å². The molecule has 0 saturated heterocycles. The van der Waals surface area contributed by atoms with Crippen molar-refractivity contribution >= 4 is 23.1 Å². The minimum absolute atomic E-state index is 0.190. The number of thiazole rings is 1. The van der Waals surface area contributed by atoms with E-state index in [1.54, 1.807) is 36.6 Å². The average molecular weight is 321 g/mol. The second-order valence-electron chi connectivity index (χ2n) is 4.54. The Morgan fingerprint density at radius 1 is 1.23 bits per heavy atom. The van der Waals surface area contributed by atoms with E-state index < -0.39 is 5.97 Å². The molecular formula is C15H15NO5S. The van der Waals surface area contributed by atoms with Crippen molar-refractivity contribution in [3.63, 3.8) is 0 Å². The third kappa shape index (κ3) is 3.82. The lowest BCUT2D eigenvalue weighted by Gasteiger charge is -2.06. The van der Waals surface area contributed by atoms with Gasteiger partial charge in [-0.05, 0) is 31.2 Å². The van der Waals surface area contributed by atoms with Gasteiger partial charge >= 0.3 is 10.8 Å². The molecule has 1 aromatic heterocycles. The van der Waals surface area contributed by atoms with E-state index in [2.05, 4.69) is 0 Å². The Bertz CT molecular complexity index is 729. The standard InChI is InChI=1S/C15H15NO5S/c1-10-9-22-15(19)16(10)7-14(18)21-8-13(17)11-3-5-12(20-2)6-4-11/h3-6,9H,7-8H2,1-2H3. The average Bonchev–Trinajstić information content (AvgIpc) is 2.84. The minimum Gasteiger partial charge on any atom is -0.497 e. The number of carbonyl (C=O) groups is 2. The number of aryl methyl sites for hydroxylation is 1. The Balaban J connectivity index is 1.90. The lowest BCUT2D eigenvalue weighted by atomic mass is 10.1. The van der Waals surface area contributed by atoms with Crippen LogP contribution in [-0.4, -0.2) is 30.0 Å². The number of aromatic nitrogens is 1. The maximum atomic E-state index is 11.9. The summed E-state index contributed by atoms with van der Waals surface area (Å²) in [5.74, 6) is -0.295. The third-order valence-electron chi connectivity index (χ3n) is 3.04. The van der Waals surface area contributed by atoms with Gasteiger partial charge in [0.15, 0.2) is 12.4 Å². The maximum Gasteiger partial charge on any atom is 0.326 e. The summed E-state index contributed by atoms with van der Waals surface area (Å²) in [6, 6.07) is 6.51. The molecule has 1 heterocycles. The van der Waals surface area contributed by atoms with Crippen LogP contribution in [0.2, 0.25) is 0 Å². The molecule has 0 unspecified atom stereocenters. The number of ether oxygens (including phenoxy) is 2. The number of hydrogen-bond acceptors (Lipinski definition) is 6. The summed E-state index contributed by atoms with van der Waals surface area (Å²) >= 11 is 1.02. The summed E-state index contributed by atoms with van der Waals surface area (Å²) in [4.78, 5) is 34.9. The monoisotopic (exact) mass is 321 g/mol. The summed E-state index contributed by atoms with van der Waals surface area (Å²) in [5, 5.41) is 1.66. The Labute approximate surface area is 130 Å². The molecule has 0 saturated carbocycles. The number of benzene rings is 1. The SMILES string of the molecule is COc1ccc(C(=O)COC(=O)Cn2c(C)csc2=O)cc1. The van der Waals surface area contributed by atoms with Crippen molar-refractivity contribution in [2.75, 3.05) is 13.7 Å². The Kier molecular flexibility index (Phi) is 5.11. The molecule has 0 bridgehead atoms. The van der Waals surface area contributed by atoms with E-state index in [1.807, 2.05) is 0 Å². The number of methoxy groups -OCH3 is 1. The molecule has 2 rings (SSSR count). The van der Waals surface area contributed by atoms with Gasteiger partial charge < -0.3 is 9.47 Å². The highest BCUT2D eigenvalue weighted by atomic mass is 32.1. The van der Waals surface area contributed by atoms with Crippen LogP contribution in [0.4, 0.5) is 0 Å². The van der Waals surface area contributed by atoms with E-state index >= 15 is 0 Å². The first-order valence-electron chi connectivity index (χ1n) is 6.49. The smallest absolute Gasteiger partial charge is 0.326 e. The molecule has 0 radical (unpaired) electrons. The molecule has 22 heavy (non-hydrogen) atoms. The van der Waals surface area contributed by atoms with Gasteiger partial charge in [-0.2, -0.15) is 0 Å². The lowest BCUT2D eigenvalue weighted by Crippen LogP contribution is -2.24. The molecule has 1 aromatic carbocycles. The van der Waals surface area contributed by atoms with Gasteiger partial charge in [0.05, 0.1) is 7.11 Å². The van der Waals surface area contributed by atoms with Crippen molar-refractivity contribution in [2.24, 2.45) is 0 Å². The van der Waals surface area contributed by atoms with Gasteiger partial charge in [0.2, 0.25) is 0 Å². The van der Waals surface area contributed by atoms with E-state index in [4.69, 9.17) is 9.47 Å². The van der Waals surface area contributed by atoms with Crippen LogP contribution in [0.5, 0.6) is 5.75 Å². The number of ketones is 1. The molecule has 0 atom stereocenters. The van der Waals surface area contributed by atoms with Crippen molar-refractivity contribution in [3.05, 3.63) is 50.6 Å². The number of carbonyl (C=O) groups excluding carboxylic acids is 2.